The Morgan fingerprint density at radius 1 is 1.08 bits per heavy atom. The molecule has 0 bridgehead atoms. The molecule has 4 N–H and O–H groups in total. The van der Waals surface area contributed by atoms with Crippen molar-refractivity contribution in [2.45, 2.75) is 52.7 Å². The maximum atomic E-state index is 11.5. The Balaban J connectivity index is 0. The molecule has 0 rings (SSSR count). The lowest BCUT2D eigenvalue weighted by Gasteiger charge is -2.16. The lowest BCUT2D eigenvalue weighted by Crippen LogP contribution is -2.22. The van der Waals surface area contributed by atoms with E-state index >= 15 is 0 Å². The molecule has 3 atom stereocenters. The van der Waals surface area contributed by atoms with E-state index in [4.69, 9.17) is 10.5 Å². The van der Waals surface area contributed by atoms with E-state index in [1.54, 1.807) is 13.8 Å². The molecule has 0 aliphatic heterocycles. The molecule has 24 heavy (non-hydrogen) atoms. The second kappa shape index (κ2) is 14.7. The van der Waals surface area contributed by atoms with Gasteiger partial charge in [-0.05, 0) is 31.4 Å². The van der Waals surface area contributed by atoms with Crippen molar-refractivity contribution in [3.63, 3.8) is 0 Å². The van der Waals surface area contributed by atoms with Gasteiger partial charge in [0.25, 0.3) is 0 Å². The summed E-state index contributed by atoms with van der Waals surface area (Å²) in [6.45, 7) is 14.5. The number of hydroxylamine groups is 1. The summed E-state index contributed by atoms with van der Waals surface area (Å²) >= 11 is 0. The second-order valence-corrected chi connectivity index (χ2v) is 6.12. The van der Waals surface area contributed by atoms with E-state index in [9.17, 15) is 9.46 Å². The van der Waals surface area contributed by atoms with Gasteiger partial charge in [0, 0.05) is 13.0 Å². The Hall–Kier alpha value is -0.610. The lowest BCUT2D eigenvalue weighted by molar-refractivity contribution is -0.270. The fraction of sp³-hybridized carbons (Fsp3) is 0.714. The van der Waals surface area contributed by atoms with Crippen molar-refractivity contribution in [2.24, 2.45) is 0 Å². The van der Waals surface area contributed by atoms with Crippen LogP contribution in [0.3, 0.4) is 0 Å². The van der Waals surface area contributed by atoms with Crippen LogP contribution in [0.2, 0.25) is 0 Å². The van der Waals surface area contributed by atoms with Gasteiger partial charge < -0.3 is 4.89 Å². The van der Waals surface area contributed by atoms with Gasteiger partial charge >= 0.3 is 7.82 Å². The van der Waals surface area contributed by atoms with Crippen LogP contribution in [-0.4, -0.2) is 40.8 Å². The zero-order valence-corrected chi connectivity index (χ0v) is 15.6. The van der Waals surface area contributed by atoms with Crippen LogP contribution in [-0.2, 0) is 23.5 Å². The predicted octanol–water partition coefficient (Wildman–Crippen LogP) is 3.30. The van der Waals surface area contributed by atoms with Gasteiger partial charge in [-0.25, -0.2) is 14.3 Å². The van der Waals surface area contributed by atoms with Crippen LogP contribution in [0.5, 0.6) is 0 Å². The molecule has 0 saturated heterocycles. The highest BCUT2D eigenvalue weighted by Gasteiger charge is 2.23. The van der Waals surface area contributed by atoms with Crippen molar-refractivity contribution in [3.05, 3.63) is 24.3 Å². The molecule has 0 aromatic heterocycles. The zero-order chi connectivity index (χ0) is 19.2. The molecule has 0 radical (unpaired) electrons. The van der Waals surface area contributed by atoms with E-state index in [0.29, 0.717) is 11.1 Å². The zero-order valence-electron chi connectivity index (χ0n) is 14.7. The molecular formula is C14H30NO8P. The van der Waals surface area contributed by atoms with Gasteiger partial charge in [0.2, 0.25) is 0 Å². The summed E-state index contributed by atoms with van der Waals surface area (Å²) in [4.78, 5) is 17.7. The third-order valence-corrected chi connectivity index (χ3v) is 3.55. The van der Waals surface area contributed by atoms with E-state index in [1.165, 1.54) is 0 Å². The summed E-state index contributed by atoms with van der Waals surface area (Å²) in [6.07, 6.45) is -0.878. The first kappa shape index (κ1) is 25.6. The Labute approximate surface area is 143 Å². The Morgan fingerprint density at radius 2 is 1.54 bits per heavy atom. The van der Waals surface area contributed by atoms with Crippen LogP contribution in [0.1, 0.15) is 40.5 Å². The third-order valence-electron chi connectivity index (χ3n) is 2.68. The highest BCUT2D eigenvalue weighted by atomic mass is 31.2. The largest absolute Gasteiger partial charge is 0.488 e. The molecule has 0 fully saturated rings. The van der Waals surface area contributed by atoms with Gasteiger partial charge in [0.1, 0.15) is 12.2 Å². The minimum atomic E-state index is -4.29. The van der Waals surface area contributed by atoms with Gasteiger partial charge in [-0.1, -0.05) is 27.0 Å². The van der Waals surface area contributed by atoms with E-state index in [-0.39, 0.29) is 26.0 Å². The van der Waals surface area contributed by atoms with Crippen LogP contribution >= 0.6 is 7.82 Å². The number of hydrogen-bond acceptors (Lipinski definition) is 8. The fourth-order valence-corrected chi connectivity index (χ4v) is 2.04. The summed E-state index contributed by atoms with van der Waals surface area (Å²) in [5, 5.41) is 17.2. The minimum Gasteiger partial charge on any atom is -0.301 e. The second-order valence-electron chi connectivity index (χ2n) is 4.75. The molecule has 144 valence electrons. The highest BCUT2D eigenvalue weighted by Crippen LogP contribution is 2.42. The first-order valence-electron chi connectivity index (χ1n) is 7.53. The molecule has 0 aromatic carbocycles. The number of rotatable bonds is 13. The molecule has 0 heterocycles. The SMILES string of the molecule is C=C(C)C(CCNOP(=O)(O)OCCC(OO)C(=C)C)OO.CC. The van der Waals surface area contributed by atoms with Crippen molar-refractivity contribution in [1.29, 1.82) is 0 Å². The molecular weight excluding hydrogens is 341 g/mol. The summed E-state index contributed by atoms with van der Waals surface area (Å²) in [5.74, 6) is 0. The van der Waals surface area contributed by atoms with Gasteiger partial charge in [0.15, 0.2) is 0 Å². The van der Waals surface area contributed by atoms with Crippen LogP contribution in [0.25, 0.3) is 0 Å². The predicted molar refractivity (Wildman–Crippen MR) is 90.1 cm³/mol. The lowest BCUT2D eigenvalue weighted by atomic mass is 10.1. The van der Waals surface area contributed by atoms with Gasteiger partial charge in [-0.2, -0.15) is 10.1 Å². The van der Waals surface area contributed by atoms with E-state index in [2.05, 4.69) is 37.6 Å². The van der Waals surface area contributed by atoms with Crippen molar-refractivity contribution in [1.82, 2.24) is 5.48 Å². The van der Waals surface area contributed by atoms with Crippen LogP contribution in [0.4, 0.5) is 0 Å². The van der Waals surface area contributed by atoms with E-state index < -0.39 is 20.0 Å². The van der Waals surface area contributed by atoms with Crippen molar-refractivity contribution < 1.29 is 38.9 Å². The fourth-order valence-electron chi connectivity index (χ4n) is 1.40. The quantitative estimate of drug-likeness (QED) is 0.127. The van der Waals surface area contributed by atoms with Crippen molar-refractivity contribution in [3.8, 4) is 0 Å². The number of phosphoric acid groups is 1. The highest BCUT2D eigenvalue weighted by molar-refractivity contribution is 7.47. The van der Waals surface area contributed by atoms with Gasteiger partial charge in [-0.3, -0.25) is 15.0 Å². The average Bonchev–Trinajstić information content (AvgIpc) is 2.52. The first-order valence-corrected chi connectivity index (χ1v) is 9.03. The average molecular weight is 371 g/mol. The molecule has 0 aliphatic carbocycles. The first-order chi connectivity index (χ1) is 11.2. The monoisotopic (exact) mass is 371 g/mol. The van der Waals surface area contributed by atoms with Crippen molar-refractivity contribution in [2.75, 3.05) is 13.2 Å². The smallest absolute Gasteiger partial charge is 0.301 e. The van der Waals surface area contributed by atoms with Gasteiger partial charge in [0.05, 0.1) is 6.61 Å². The maximum Gasteiger partial charge on any atom is 0.488 e. The Kier molecular flexibility index (Phi) is 15.7. The molecule has 0 spiro atoms. The number of nitrogens with one attached hydrogen (secondary N) is 1. The molecule has 0 aliphatic rings. The van der Waals surface area contributed by atoms with Crippen molar-refractivity contribution >= 4 is 7.82 Å². The molecule has 0 amide bonds. The van der Waals surface area contributed by atoms with Gasteiger partial charge in [-0.15, -0.1) is 0 Å². The van der Waals surface area contributed by atoms with Crippen LogP contribution in [0.15, 0.2) is 24.3 Å². The number of hydrogen-bond donors (Lipinski definition) is 4. The summed E-state index contributed by atoms with van der Waals surface area (Å²) in [7, 11) is -4.29. The summed E-state index contributed by atoms with van der Waals surface area (Å²) < 4.78 is 20.7. The maximum absolute atomic E-state index is 11.5. The molecule has 9 nitrogen and oxygen atoms in total. The van der Waals surface area contributed by atoms with Crippen LogP contribution < -0.4 is 5.48 Å². The molecule has 0 saturated carbocycles. The van der Waals surface area contributed by atoms with E-state index in [1.807, 2.05) is 13.8 Å². The summed E-state index contributed by atoms with van der Waals surface area (Å²) in [6, 6.07) is 0. The molecule has 0 aromatic rings. The normalized spacial score (nSPS) is 15.6. The van der Waals surface area contributed by atoms with E-state index in [0.717, 1.165) is 0 Å². The molecule has 3 unspecified atom stereocenters. The summed E-state index contributed by atoms with van der Waals surface area (Å²) in [5.41, 5.74) is 3.40. The third kappa shape index (κ3) is 12.8. The topological polar surface area (TPSA) is 127 Å². The molecule has 10 heteroatoms. The Morgan fingerprint density at radius 3 is 1.96 bits per heavy atom. The Bertz CT molecular complexity index is 404. The van der Waals surface area contributed by atoms with Crippen LogP contribution in [0, 0.1) is 0 Å². The number of phosphoric ester groups is 1. The minimum absolute atomic E-state index is 0.125. The standard InChI is InChI=1S/C12H24NO8P.C2H6/c1-9(2)11(19-14)5-7-13-21-22(16,17)18-8-6-12(20-15)10(3)4;1-2/h11-15H,1,3,5-8H2,2,4H3,(H,16,17);1-2H3.